The Bertz CT molecular complexity index is 472. The summed E-state index contributed by atoms with van der Waals surface area (Å²) in [6.45, 7) is 2.23. The maximum atomic E-state index is 11.7. The highest BCUT2D eigenvalue weighted by Gasteiger charge is 2.16. The number of carbonyl (C=O) groups is 2. The van der Waals surface area contributed by atoms with Crippen molar-refractivity contribution >= 4 is 11.8 Å². The lowest BCUT2D eigenvalue weighted by molar-refractivity contribution is -0.136. The summed E-state index contributed by atoms with van der Waals surface area (Å²) in [5.41, 5.74) is 0.353. The summed E-state index contributed by atoms with van der Waals surface area (Å²) >= 11 is 0. The van der Waals surface area contributed by atoms with Gasteiger partial charge in [-0.05, 0) is 19.3 Å². The Kier molecular flexibility index (Phi) is 7.73. The van der Waals surface area contributed by atoms with Crippen molar-refractivity contribution in [2.24, 2.45) is 0 Å². The molecule has 0 spiro atoms. The fraction of sp³-hybridized carbons (Fsp3) is 0.294. The van der Waals surface area contributed by atoms with E-state index in [4.69, 9.17) is 4.74 Å². The molecule has 0 aliphatic carbocycles. The van der Waals surface area contributed by atoms with Crippen molar-refractivity contribution in [3.63, 3.8) is 0 Å². The number of carbonyl (C=O) groups excluding carboxylic acids is 2. The van der Waals surface area contributed by atoms with Crippen LogP contribution in [0.1, 0.15) is 36.5 Å². The first-order valence-corrected chi connectivity index (χ1v) is 6.82. The number of allylic oxidation sites excluding steroid dienone is 3. The van der Waals surface area contributed by atoms with Gasteiger partial charge in [0.2, 0.25) is 0 Å². The van der Waals surface area contributed by atoms with Gasteiger partial charge in [-0.15, -0.1) is 0 Å². The molecule has 0 amide bonds. The predicted octanol–water partition coefficient (Wildman–Crippen LogP) is 3.72. The summed E-state index contributed by atoms with van der Waals surface area (Å²) in [6.07, 6.45) is 10.9. The van der Waals surface area contributed by atoms with Gasteiger partial charge < -0.3 is 4.74 Å². The van der Waals surface area contributed by atoms with Crippen LogP contribution < -0.4 is 0 Å². The van der Waals surface area contributed by atoms with Crippen LogP contribution in [0.5, 0.6) is 0 Å². The minimum absolute atomic E-state index is 0.134. The maximum absolute atomic E-state index is 11.7. The SMILES string of the molecule is CCC=CCCC=CCOC(=O)C(=O)c1ccccc1. The molecule has 0 N–H and O–H groups in total. The fourth-order valence-electron chi connectivity index (χ4n) is 1.56. The van der Waals surface area contributed by atoms with Crippen molar-refractivity contribution < 1.29 is 14.3 Å². The Hall–Kier alpha value is -2.16. The fourth-order valence-corrected chi connectivity index (χ4v) is 1.56. The van der Waals surface area contributed by atoms with E-state index in [1.165, 1.54) is 0 Å². The molecule has 0 saturated heterocycles. The van der Waals surface area contributed by atoms with Gasteiger partial charge in [0.25, 0.3) is 5.78 Å². The van der Waals surface area contributed by atoms with Crippen LogP contribution in [0.2, 0.25) is 0 Å². The molecule has 3 heteroatoms. The van der Waals surface area contributed by atoms with E-state index in [0.29, 0.717) is 5.56 Å². The zero-order valence-electron chi connectivity index (χ0n) is 11.7. The topological polar surface area (TPSA) is 43.4 Å². The lowest BCUT2D eigenvalue weighted by atomic mass is 10.1. The number of hydrogen-bond acceptors (Lipinski definition) is 3. The summed E-state index contributed by atoms with van der Waals surface area (Å²) in [4.78, 5) is 23.2. The van der Waals surface area contributed by atoms with Gasteiger partial charge in [-0.3, -0.25) is 4.79 Å². The molecule has 106 valence electrons. The van der Waals surface area contributed by atoms with E-state index in [9.17, 15) is 9.59 Å². The number of hydrogen-bond donors (Lipinski definition) is 0. The summed E-state index contributed by atoms with van der Waals surface area (Å²) < 4.78 is 4.89. The third-order valence-electron chi connectivity index (χ3n) is 2.60. The maximum Gasteiger partial charge on any atom is 0.379 e. The normalized spacial score (nSPS) is 11.1. The summed E-state index contributed by atoms with van der Waals surface area (Å²) in [5, 5.41) is 0. The number of Topliss-reactive ketones (excluding diaryl/α,β-unsaturated/α-hetero) is 1. The number of ketones is 1. The van der Waals surface area contributed by atoms with E-state index in [1.54, 1.807) is 36.4 Å². The molecule has 0 aromatic heterocycles. The smallest absolute Gasteiger partial charge is 0.379 e. The third-order valence-corrected chi connectivity index (χ3v) is 2.60. The Morgan fingerprint density at radius 1 is 1.00 bits per heavy atom. The molecule has 1 rings (SSSR count). The summed E-state index contributed by atoms with van der Waals surface area (Å²) in [7, 11) is 0. The van der Waals surface area contributed by atoms with E-state index in [0.717, 1.165) is 19.3 Å². The second kappa shape index (κ2) is 9.73. The molecule has 20 heavy (non-hydrogen) atoms. The Labute approximate surface area is 120 Å². The number of ether oxygens (including phenoxy) is 1. The molecule has 0 atom stereocenters. The molecule has 0 fully saturated rings. The Morgan fingerprint density at radius 3 is 2.30 bits per heavy atom. The Balaban J connectivity index is 2.25. The second-order valence-corrected chi connectivity index (χ2v) is 4.22. The van der Waals surface area contributed by atoms with Gasteiger partial charge in [0.05, 0.1) is 0 Å². The molecule has 0 aliphatic heterocycles. The van der Waals surface area contributed by atoms with E-state index in [-0.39, 0.29) is 6.61 Å². The van der Waals surface area contributed by atoms with Gasteiger partial charge in [0, 0.05) is 5.56 Å². The van der Waals surface area contributed by atoms with E-state index < -0.39 is 11.8 Å². The zero-order valence-corrected chi connectivity index (χ0v) is 11.7. The number of rotatable bonds is 8. The first kappa shape index (κ1) is 15.9. The van der Waals surface area contributed by atoms with E-state index in [1.807, 2.05) is 6.08 Å². The molecule has 3 nitrogen and oxygen atoms in total. The van der Waals surface area contributed by atoms with Gasteiger partial charge in [0.1, 0.15) is 6.61 Å². The van der Waals surface area contributed by atoms with Crippen LogP contribution in [-0.2, 0) is 9.53 Å². The minimum Gasteiger partial charge on any atom is -0.455 e. The highest BCUT2D eigenvalue weighted by atomic mass is 16.5. The minimum atomic E-state index is -0.813. The molecule has 0 radical (unpaired) electrons. The van der Waals surface area contributed by atoms with Gasteiger partial charge >= 0.3 is 5.97 Å². The first-order valence-electron chi connectivity index (χ1n) is 6.82. The average molecular weight is 272 g/mol. The van der Waals surface area contributed by atoms with Crippen molar-refractivity contribution in [3.8, 4) is 0 Å². The van der Waals surface area contributed by atoms with Crippen molar-refractivity contribution in [2.45, 2.75) is 26.2 Å². The average Bonchev–Trinajstić information content (AvgIpc) is 2.50. The van der Waals surface area contributed by atoms with Crippen LogP contribution in [0.4, 0.5) is 0 Å². The first-order chi connectivity index (χ1) is 9.75. The lowest BCUT2D eigenvalue weighted by Gasteiger charge is -2.00. The van der Waals surface area contributed by atoms with Crippen molar-refractivity contribution in [2.75, 3.05) is 6.61 Å². The highest BCUT2D eigenvalue weighted by molar-refractivity contribution is 6.40. The van der Waals surface area contributed by atoms with E-state index in [2.05, 4.69) is 19.1 Å². The monoisotopic (exact) mass is 272 g/mol. The molecule has 0 unspecified atom stereocenters. The summed E-state index contributed by atoms with van der Waals surface area (Å²) in [6, 6.07) is 8.41. The Morgan fingerprint density at radius 2 is 1.65 bits per heavy atom. The van der Waals surface area contributed by atoms with Crippen molar-refractivity contribution in [3.05, 3.63) is 60.2 Å². The molecule has 1 aromatic rings. The number of esters is 1. The molecule has 1 aromatic carbocycles. The zero-order chi connectivity index (χ0) is 14.6. The van der Waals surface area contributed by atoms with Gasteiger partial charge in [-0.1, -0.05) is 61.6 Å². The van der Waals surface area contributed by atoms with Gasteiger partial charge in [-0.25, -0.2) is 4.79 Å². The van der Waals surface area contributed by atoms with Crippen LogP contribution in [-0.4, -0.2) is 18.4 Å². The highest BCUT2D eigenvalue weighted by Crippen LogP contribution is 2.01. The largest absolute Gasteiger partial charge is 0.455 e. The quantitative estimate of drug-likeness (QED) is 0.238. The predicted molar refractivity (Wildman–Crippen MR) is 79.5 cm³/mol. The third kappa shape index (κ3) is 6.14. The van der Waals surface area contributed by atoms with Crippen LogP contribution in [0.25, 0.3) is 0 Å². The molecule has 0 aliphatic rings. The number of benzene rings is 1. The standard InChI is InChI=1S/C17H20O3/c1-2-3-4-5-6-7-11-14-20-17(19)16(18)15-12-9-8-10-13-15/h3-4,7-13H,2,5-6,14H2,1H3. The van der Waals surface area contributed by atoms with Crippen LogP contribution >= 0.6 is 0 Å². The molecular formula is C17H20O3. The van der Waals surface area contributed by atoms with Crippen LogP contribution in [0, 0.1) is 0 Å². The van der Waals surface area contributed by atoms with Gasteiger partial charge in [-0.2, -0.15) is 0 Å². The van der Waals surface area contributed by atoms with Crippen LogP contribution in [0.3, 0.4) is 0 Å². The lowest BCUT2D eigenvalue weighted by Crippen LogP contribution is -2.17. The number of unbranched alkanes of at least 4 members (excludes halogenated alkanes) is 1. The van der Waals surface area contributed by atoms with E-state index >= 15 is 0 Å². The van der Waals surface area contributed by atoms with Crippen molar-refractivity contribution in [1.29, 1.82) is 0 Å². The second-order valence-electron chi connectivity index (χ2n) is 4.22. The van der Waals surface area contributed by atoms with Gasteiger partial charge in [0.15, 0.2) is 0 Å². The molecular weight excluding hydrogens is 252 g/mol. The molecule has 0 saturated carbocycles. The summed E-state index contributed by atoms with van der Waals surface area (Å²) in [5.74, 6) is -1.42. The van der Waals surface area contributed by atoms with Crippen LogP contribution in [0.15, 0.2) is 54.6 Å². The molecule has 0 bridgehead atoms. The van der Waals surface area contributed by atoms with Crippen molar-refractivity contribution in [1.82, 2.24) is 0 Å². The molecule has 0 heterocycles.